The number of esters is 2. The SMILES string of the molecule is COC(=O)C1=C(C)N=c2s/c(=C/c3ccc(OC(C)=O)cc3)c(=O)n2[C@@H]1c1ccccc1. The molecule has 0 amide bonds. The van der Waals surface area contributed by atoms with E-state index in [4.69, 9.17) is 9.47 Å². The van der Waals surface area contributed by atoms with E-state index in [1.165, 1.54) is 29.9 Å². The highest BCUT2D eigenvalue weighted by molar-refractivity contribution is 7.07. The van der Waals surface area contributed by atoms with E-state index in [2.05, 4.69) is 4.99 Å². The third kappa shape index (κ3) is 4.04. The smallest absolute Gasteiger partial charge is 0.338 e. The van der Waals surface area contributed by atoms with Crippen LogP contribution in [0.25, 0.3) is 6.08 Å². The Morgan fingerprint density at radius 1 is 1.09 bits per heavy atom. The number of allylic oxidation sites excluding steroid dienone is 1. The van der Waals surface area contributed by atoms with Crippen molar-refractivity contribution in [2.45, 2.75) is 19.9 Å². The summed E-state index contributed by atoms with van der Waals surface area (Å²) in [4.78, 5) is 42.1. The van der Waals surface area contributed by atoms with Gasteiger partial charge < -0.3 is 9.47 Å². The number of hydrogen-bond donors (Lipinski definition) is 0. The molecule has 0 bridgehead atoms. The molecule has 8 heteroatoms. The van der Waals surface area contributed by atoms with Crippen molar-refractivity contribution in [3.05, 3.63) is 96.7 Å². The zero-order chi connectivity index (χ0) is 22.8. The third-order valence-corrected chi connectivity index (χ3v) is 5.96. The average Bonchev–Trinajstić information content (AvgIpc) is 3.08. The van der Waals surface area contributed by atoms with Crippen molar-refractivity contribution in [2.75, 3.05) is 7.11 Å². The predicted octanol–water partition coefficient (Wildman–Crippen LogP) is 2.33. The Hall–Kier alpha value is -3.78. The molecule has 7 nitrogen and oxygen atoms in total. The summed E-state index contributed by atoms with van der Waals surface area (Å²) in [6.07, 6.45) is 1.75. The van der Waals surface area contributed by atoms with Crippen LogP contribution >= 0.6 is 11.3 Å². The molecule has 0 fully saturated rings. The maximum absolute atomic E-state index is 13.4. The van der Waals surface area contributed by atoms with E-state index in [0.29, 0.717) is 26.4 Å². The quantitative estimate of drug-likeness (QED) is 0.452. The summed E-state index contributed by atoms with van der Waals surface area (Å²) >= 11 is 1.25. The highest BCUT2D eigenvalue weighted by atomic mass is 32.1. The Bertz CT molecular complexity index is 1400. The average molecular weight is 449 g/mol. The highest BCUT2D eigenvalue weighted by Crippen LogP contribution is 2.30. The molecule has 162 valence electrons. The second-order valence-electron chi connectivity index (χ2n) is 7.15. The lowest BCUT2D eigenvalue weighted by atomic mass is 9.96. The van der Waals surface area contributed by atoms with Crippen LogP contribution in [-0.4, -0.2) is 23.6 Å². The van der Waals surface area contributed by atoms with E-state index in [9.17, 15) is 14.4 Å². The third-order valence-electron chi connectivity index (χ3n) is 4.98. The first-order chi connectivity index (χ1) is 15.4. The number of nitrogens with zero attached hydrogens (tertiary/aromatic N) is 2. The molecule has 1 aliphatic rings. The largest absolute Gasteiger partial charge is 0.466 e. The van der Waals surface area contributed by atoms with E-state index in [1.54, 1.807) is 37.3 Å². The number of fused-ring (bicyclic) bond motifs is 1. The molecule has 0 aliphatic carbocycles. The number of ether oxygens (including phenoxy) is 2. The molecule has 4 rings (SSSR count). The van der Waals surface area contributed by atoms with Crippen molar-refractivity contribution in [2.24, 2.45) is 4.99 Å². The number of aromatic nitrogens is 1. The van der Waals surface area contributed by atoms with Gasteiger partial charge in [-0.2, -0.15) is 0 Å². The second kappa shape index (κ2) is 8.76. The minimum Gasteiger partial charge on any atom is -0.466 e. The Balaban J connectivity index is 1.86. The van der Waals surface area contributed by atoms with Crippen LogP contribution in [0.2, 0.25) is 0 Å². The number of thiazole rings is 1. The molecule has 0 spiro atoms. The minimum atomic E-state index is -0.631. The number of benzene rings is 2. The van der Waals surface area contributed by atoms with Gasteiger partial charge in [-0.15, -0.1) is 0 Å². The first kappa shape index (κ1) is 21.5. The molecule has 0 radical (unpaired) electrons. The van der Waals surface area contributed by atoms with E-state index in [1.807, 2.05) is 30.3 Å². The number of rotatable bonds is 4. The molecular formula is C24H20N2O5S. The molecule has 0 N–H and O–H groups in total. The number of carbonyl (C=O) groups excluding carboxylic acids is 2. The van der Waals surface area contributed by atoms with Crippen LogP contribution in [0.5, 0.6) is 5.75 Å². The summed E-state index contributed by atoms with van der Waals surface area (Å²) in [6.45, 7) is 3.08. The van der Waals surface area contributed by atoms with Crippen LogP contribution in [0.3, 0.4) is 0 Å². The summed E-state index contributed by atoms with van der Waals surface area (Å²) in [6, 6.07) is 15.6. The molecule has 3 aromatic rings. The van der Waals surface area contributed by atoms with Gasteiger partial charge in [0.15, 0.2) is 4.80 Å². The van der Waals surface area contributed by atoms with Gasteiger partial charge in [0.25, 0.3) is 5.56 Å². The summed E-state index contributed by atoms with van der Waals surface area (Å²) in [5.41, 5.74) is 2.17. The fourth-order valence-electron chi connectivity index (χ4n) is 3.59. The van der Waals surface area contributed by atoms with Crippen LogP contribution < -0.4 is 19.6 Å². The number of carbonyl (C=O) groups is 2. The fourth-order valence-corrected chi connectivity index (χ4v) is 4.64. The maximum atomic E-state index is 13.4. The molecule has 1 aliphatic heterocycles. The van der Waals surface area contributed by atoms with Gasteiger partial charge in [-0.05, 0) is 36.3 Å². The zero-order valence-electron chi connectivity index (χ0n) is 17.7. The fraction of sp³-hybridized carbons (Fsp3) is 0.167. The maximum Gasteiger partial charge on any atom is 0.338 e. The summed E-state index contributed by atoms with van der Waals surface area (Å²) in [5, 5.41) is 0. The van der Waals surface area contributed by atoms with Gasteiger partial charge in [0, 0.05) is 6.92 Å². The van der Waals surface area contributed by atoms with Crippen LogP contribution in [0.15, 0.2) is 75.7 Å². The number of methoxy groups -OCH3 is 1. The van der Waals surface area contributed by atoms with Gasteiger partial charge in [0.1, 0.15) is 5.75 Å². The number of hydrogen-bond acceptors (Lipinski definition) is 7. The van der Waals surface area contributed by atoms with Gasteiger partial charge in [0.05, 0.1) is 29.0 Å². The van der Waals surface area contributed by atoms with Crippen LogP contribution in [0, 0.1) is 0 Å². The molecule has 0 saturated carbocycles. The molecule has 0 unspecified atom stereocenters. The summed E-state index contributed by atoms with van der Waals surface area (Å²) in [5.74, 6) is -0.488. The molecule has 2 aromatic carbocycles. The van der Waals surface area contributed by atoms with E-state index >= 15 is 0 Å². The lowest BCUT2D eigenvalue weighted by molar-refractivity contribution is -0.136. The van der Waals surface area contributed by atoms with Crippen LogP contribution in [0.1, 0.15) is 31.0 Å². The Kier molecular flexibility index (Phi) is 5.87. The Morgan fingerprint density at radius 3 is 2.41 bits per heavy atom. The van der Waals surface area contributed by atoms with Gasteiger partial charge in [-0.25, -0.2) is 9.79 Å². The molecular weight excluding hydrogens is 428 g/mol. The minimum absolute atomic E-state index is 0.249. The highest BCUT2D eigenvalue weighted by Gasteiger charge is 2.32. The Labute approximate surface area is 187 Å². The van der Waals surface area contributed by atoms with Crippen molar-refractivity contribution < 1.29 is 19.1 Å². The first-order valence-corrected chi connectivity index (χ1v) is 10.6. The topological polar surface area (TPSA) is 87.0 Å². The van der Waals surface area contributed by atoms with Gasteiger partial charge in [-0.1, -0.05) is 53.8 Å². The van der Waals surface area contributed by atoms with Crippen molar-refractivity contribution in [1.29, 1.82) is 0 Å². The van der Waals surface area contributed by atoms with Gasteiger partial charge in [-0.3, -0.25) is 14.2 Å². The van der Waals surface area contributed by atoms with Gasteiger partial charge in [0.2, 0.25) is 0 Å². The summed E-state index contributed by atoms with van der Waals surface area (Å²) in [7, 11) is 1.31. The monoisotopic (exact) mass is 448 g/mol. The molecule has 2 heterocycles. The van der Waals surface area contributed by atoms with E-state index < -0.39 is 18.0 Å². The van der Waals surface area contributed by atoms with Crippen LogP contribution in [0.4, 0.5) is 0 Å². The lowest BCUT2D eigenvalue weighted by Gasteiger charge is -2.24. The van der Waals surface area contributed by atoms with Crippen molar-refractivity contribution in [3.8, 4) is 5.75 Å². The van der Waals surface area contributed by atoms with Crippen LogP contribution in [-0.2, 0) is 14.3 Å². The second-order valence-corrected chi connectivity index (χ2v) is 8.16. The lowest BCUT2D eigenvalue weighted by Crippen LogP contribution is -2.39. The molecule has 1 atom stereocenters. The standard InChI is InChI=1S/C24H20N2O5S/c1-14-20(23(29)30-3)21(17-7-5-4-6-8-17)26-22(28)19(32-24(26)25-14)13-16-9-11-18(12-10-16)31-15(2)27/h4-13,21H,1-3H3/b19-13+/t21-/m1/s1. The molecule has 0 saturated heterocycles. The summed E-state index contributed by atoms with van der Waals surface area (Å²) < 4.78 is 12.1. The Morgan fingerprint density at radius 2 is 1.78 bits per heavy atom. The zero-order valence-corrected chi connectivity index (χ0v) is 18.5. The van der Waals surface area contributed by atoms with Crippen molar-refractivity contribution in [1.82, 2.24) is 4.57 Å². The van der Waals surface area contributed by atoms with E-state index in [0.717, 1.165) is 11.1 Å². The van der Waals surface area contributed by atoms with Gasteiger partial charge >= 0.3 is 11.9 Å². The van der Waals surface area contributed by atoms with E-state index in [-0.39, 0.29) is 5.56 Å². The predicted molar refractivity (Wildman–Crippen MR) is 120 cm³/mol. The van der Waals surface area contributed by atoms with Crippen molar-refractivity contribution >= 4 is 29.4 Å². The molecule has 32 heavy (non-hydrogen) atoms. The first-order valence-electron chi connectivity index (χ1n) is 9.83. The normalized spacial score (nSPS) is 15.7. The molecule has 1 aromatic heterocycles. The van der Waals surface area contributed by atoms with Crippen molar-refractivity contribution in [3.63, 3.8) is 0 Å².